The van der Waals surface area contributed by atoms with Crippen LogP contribution >= 0.6 is 0 Å². The minimum Gasteiger partial charge on any atom is -0.300 e. The first kappa shape index (κ1) is 7.70. The molecule has 0 atom stereocenters. The molecule has 0 radical (unpaired) electrons. The number of aromatic nitrogens is 2. The Morgan fingerprint density at radius 3 is 3.09 bits per heavy atom. The Labute approximate surface area is 65.9 Å². The van der Waals surface area contributed by atoms with Crippen LogP contribution in [0.3, 0.4) is 0 Å². The first-order chi connectivity index (χ1) is 5.43. The Morgan fingerprint density at radius 1 is 1.55 bits per heavy atom. The monoisotopic (exact) mass is 147 g/mol. The zero-order chi connectivity index (χ0) is 7.94. The molecule has 0 spiro atoms. The van der Waals surface area contributed by atoms with Crippen LogP contribution in [0.5, 0.6) is 0 Å². The van der Waals surface area contributed by atoms with Crippen LogP contribution in [0, 0.1) is 12.3 Å². The molecule has 0 unspecified atom stereocenters. The Morgan fingerprint density at radius 2 is 2.45 bits per heavy atom. The third-order valence-corrected chi connectivity index (χ3v) is 1.15. The van der Waals surface area contributed by atoms with Crippen LogP contribution in [0.25, 0.3) is 0 Å². The van der Waals surface area contributed by atoms with Gasteiger partial charge in [-0.2, -0.15) is 0 Å². The molecule has 0 amide bonds. The summed E-state index contributed by atoms with van der Waals surface area (Å²) in [6.45, 7) is 1.24. The molecule has 3 nitrogen and oxygen atoms in total. The van der Waals surface area contributed by atoms with Gasteiger partial charge in [0.1, 0.15) is 0 Å². The topological polar surface area (TPSA) is 37.8 Å². The van der Waals surface area contributed by atoms with E-state index >= 15 is 0 Å². The number of nitrogens with one attached hydrogen (secondary N) is 1. The third-order valence-electron chi connectivity index (χ3n) is 1.15. The van der Waals surface area contributed by atoms with Gasteiger partial charge < -0.3 is 5.32 Å². The molecule has 0 fully saturated rings. The molecule has 1 aromatic heterocycles. The van der Waals surface area contributed by atoms with Crippen LogP contribution in [-0.2, 0) is 6.54 Å². The van der Waals surface area contributed by atoms with Gasteiger partial charge >= 0.3 is 0 Å². The van der Waals surface area contributed by atoms with E-state index in [0.717, 1.165) is 5.69 Å². The number of hydrogen-bond donors (Lipinski definition) is 1. The van der Waals surface area contributed by atoms with Crippen LogP contribution in [0.15, 0.2) is 18.6 Å². The summed E-state index contributed by atoms with van der Waals surface area (Å²) in [5, 5.41) is 3.01. The summed E-state index contributed by atoms with van der Waals surface area (Å²) in [6.07, 6.45) is 10.1. The molecule has 0 aliphatic heterocycles. The molecule has 0 aromatic carbocycles. The fourth-order valence-electron chi connectivity index (χ4n) is 0.684. The van der Waals surface area contributed by atoms with Crippen LogP contribution in [0.2, 0.25) is 0 Å². The van der Waals surface area contributed by atoms with Gasteiger partial charge in [-0.05, 0) is 0 Å². The van der Waals surface area contributed by atoms with Crippen molar-refractivity contribution in [2.24, 2.45) is 0 Å². The van der Waals surface area contributed by atoms with E-state index in [1.807, 2.05) is 0 Å². The molecule has 0 saturated carbocycles. The van der Waals surface area contributed by atoms with Gasteiger partial charge in [0, 0.05) is 25.1 Å². The summed E-state index contributed by atoms with van der Waals surface area (Å²) in [6, 6.07) is 0. The minimum absolute atomic E-state index is 0.566. The van der Waals surface area contributed by atoms with E-state index in [-0.39, 0.29) is 0 Å². The van der Waals surface area contributed by atoms with E-state index in [0.29, 0.717) is 13.1 Å². The summed E-state index contributed by atoms with van der Waals surface area (Å²) in [5.41, 5.74) is 0.905. The second-order valence-electron chi connectivity index (χ2n) is 2.00. The van der Waals surface area contributed by atoms with Crippen molar-refractivity contribution >= 4 is 0 Å². The van der Waals surface area contributed by atoms with E-state index < -0.39 is 0 Å². The van der Waals surface area contributed by atoms with Crippen molar-refractivity contribution in [1.29, 1.82) is 0 Å². The fraction of sp³-hybridized carbons (Fsp3) is 0.250. The van der Waals surface area contributed by atoms with E-state index in [4.69, 9.17) is 6.42 Å². The molecule has 0 saturated heterocycles. The van der Waals surface area contributed by atoms with Gasteiger partial charge in [-0.15, -0.1) is 6.42 Å². The number of rotatable bonds is 3. The van der Waals surface area contributed by atoms with Crippen molar-refractivity contribution in [1.82, 2.24) is 15.3 Å². The van der Waals surface area contributed by atoms with Crippen molar-refractivity contribution in [3.63, 3.8) is 0 Å². The largest absolute Gasteiger partial charge is 0.300 e. The van der Waals surface area contributed by atoms with Gasteiger partial charge in [0.2, 0.25) is 0 Å². The van der Waals surface area contributed by atoms with Crippen molar-refractivity contribution in [3.8, 4) is 12.3 Å². The molecule has 56 valence electrons. The number of terminal acetylenes is 1. The SMILES string of the molecule is C#CCNCc1cnccn1. The van der Waals surface area contributed by atoms with Crippen molar-refractivity contribution in [2.75, 3.05) is 6.54 Å². The Bertz CT molecular complexity index is 237. The maximum atomic E-state index is 5.04. The molecule has 0 aliphatic rings. The second-order valence-corrected chi connectivity index (χ2v) is 2.00. The molecule has 3 heteroatoms. The fourth-order valence-corrected chi connectivity index (χ4v) is 0.684. The normalized spacial score (nSPS) is 9.00. The zero-order valence-corrected chi connectivity index (χ0v) is 6.12. The van der Waals surface area contributed by atoms with Crippen LogP contribution in [-0.4, -0.2) is 16.5 Å². The van der Waals surface area contributed by atoms with E-state index in [1.165, 1.54) is 0 Å². The van der Waals surface area contributed by atoms with E-state index in [2.05, 4.69) is 21.2 Å². The van der Waals surface area contributed by atoms with Crippen molar-refractivity contribution in [3.05, 3.63) is 24.3 Å². The lowest BCUT2D eigenvalue weighted by atomic mass is 10.4. The molecule has 0 bridgehead atoms. The Kier molecular flexibility index (Phi) is 3.10. The highest BCUT2D eigenvalue weighted by molar-refractivity contribution is 4.95. The number of nitrogens with zero attached hydrogens (tertiary/aromatic N) is 2. The highest BCUT2D eigenvalue weighted by Gasteiger charge is 1.89. The van der Waals surface area contributed by atoms with Gasteiger partial charge in [-0.3, -0.25) is 9.97 Å². The smallest absolute Gasteiger partial charge is 0.0724 e. The van der Waals surface area contributed by atoms with E-state index in [9.17, 15) is 0 Å². The molecule has 0 aliphatic carbocycles. The predicted octanol–water partition coefficient (Wildman–Crippen LogP) is 0.199. The van der Waals surface area contributed by atoms with Gasteiger partial charge in [0.15, 0.2) is 0 Å². The maximum absolute atomic E-state index is 5.04. The predicted molar refractivity (Wildman–Crippen MR) is 42.6 cm³/mol. The van der Waals surface area contributed by atoms with Gasteiger partial charge in [0.25, 0.3) is 0 Å². The molecule has 1 rings (SSSR count). The van der Waals surface area contributed by atoms with Crippen LogP contribution < -0.4 is 5.32 Å². The highest BCUT2D eigenvalue weighted by atomic mass is 14.9. The standard InChI is InChI=1S/C8H9N3/c1-2-3-9-6-8-7-10-4-5-11-8/h1,4-5,7,9H,3,6H2. The molecule has 1 heterocycles. The molecular weight excluding hydrogens is 138 g/mol. The molecular formula is C8H9N3. The minimum atomic E-state index is 0.566. The van der Waals surface area contributed by atoms with Crippen LogP contribution in [0.4, 0.5) is 0 Å². The highest BCUT2D eigenvalue weighted by Crippen LogP contribution is 1.86. The first-order valence-corrected chi connectivity index (χ1v) is 3.32. The lowest BCUT2D eigenvalue weighted by Crippen LogP contribution is -2.13. The van der Waals surface area contributed by atoms with Crippen molar-refractivity contribution in [2.45, 2.75) is 6.54 Å². The lowest BCUT2D eigenvalue weighted by Gasteiger charge is -1.97. The van der Waals surface area contributed by atoms with Crippen LogP contribution in [0.1, 0.15) is 5.69 Å². The zero-order valence-electron chi connectivity index (χ0n) is 6.12. The lowest BCUT2D eigenvalue weighted by molar-refractivity contribution is 0.744. The summed E-state index contributed by atoms with van der Waals surface area (Å²) < 4.78 is 0. The molecule has 1 N–H and O–H groups in total. The summed E-state index contributed by atoms with van der Waals surface area (Å²) >= 11 is 0. The third kappa shape index (κ3) is 2.78. The summed E-state index contributed by atoms with van der Waals surface area (Å²) in [5.74, 6) is 2.48. The van der Waals surface area contributed by atoms with E-state index in [1.54, 1.807) is 18.6 Å². The molecule has 11 heavy (non-hydrogen) atoms. The van der Waals surface area contributed by atoms with Gasteiger partial charge in [-0.1, -0.05) is 5.92 Å². The maximum Gasteiger partial charge on any atom is 0.0724 e. The Balaban J connectivity index is 2.35. The van der Waals surface area contributed by atoms with Crippen molar-refractivity contribution < 1.29 is 0 Å². The average Bonchev–Trinajstić information content (AvgIpc) is 2.07. The first-order valence-electron chi connectivity index (χ1n) is 3.32. The summed E-state index contributed by atoms with van der Waals surface area (Å²) in [7, 11) is 0. The second kappa shape index (κ2) is 4.42. The quantitative estimate of drug-likeness (QED) is 0.490. The Hall–Kier alpha value is -1.40. The van der Waals surface area contributed by atoms with Gasteiger partial charge in [0.05, 0.1) is 12.2 Å². The number of hydrogen-bond acceptors (Lipinski definition) is 3. The average molecular weight is 147 g/mol. The molecule has 1 aromatic rings. The van der Waals surface area contributed by atoms with Gasteiger partial charge in [-0.25, -0.2) is 0 Å². The summed E-state index contributed by atoms with van der Waals surface area (Å²) in [4.78, 5) is 7.97.